The molecular weight excluding hydrogens is 446 g/mol. The number of aryl methyl sites for hydroxylation is 1. The van der Waals surface area contributed by atoms with Crippen molar-refractivity contribution in [2.45, 2.75) is 39.7 Å². The minimum Gasteiger partial charge on any atom is -0.497 e. The Hall–Kier alpha value is -3.40. The SMILES string of the molecule is CCOC(=O)c1c(NC(=O)CN2C(=O)N[C@@](C)(c3ccc(OC)cc3)C2=O)sc(CC)c1C. The van der Waals surface area contributed by atoms with Crippen molar-refractivity contribution in [2.24, 2.45) is 0 Å². The van der Waals surface area contributed by atoms with Crippen LogP contribution in [0.1, 0.15) is 47.1 Å². The Morgan fingerprint density at radius 1 is 1.18 bits per heavy atom. The van der Waals surface area contributed by atoms with Crippen LogP contribution in [0.5, 0.6) is 5.75 Å². The molecule has 3 rings (SSSR count). The summed E-state index contributed by atoms with van der Waals surface area (Å²) in [6.07, 6.45) is 0.687. The number of urea groups is 1. The Kier molecular flexibility index (Phi) is 7.06. The first-order chi connectivity index (χ1) is 15.7. The van der Waals surface area contributed by atoms with Gasteiger partial charge in [0.15, 0.2) is 0 Å². The van der Waals surface area contributed by atoms with Crippen LogP contribution >= 0.6 is 11.3 Å². The van der Waals surface area contributed by atoms with Crippen LogP contribution in [0.4, 0.5) is 9.80 Å². The fourth-order valence-corrected chi connectivity index (χ4v) is 4.85. The molecule has 10 heteroatoms. The summed E-state index contributed by atoms with van der Waals surface area (Å²) in [7, 11) is 1.53. The van der Waals surface area contributed by atoms with Crippen LogP contribution in [-0.4, -0.2) is 49.0 Å². The van der Waals surface area contributed by atoms with Gasteiger partial charge in [0.1, 0.15) is 22.8 Å². The Morgan fingerprint density at radius 2 is 1.85 bits per heavy atom. The standard InChI is InChI=1S/C23H27N3O6S/c1-6-16-13(3)18(20(28)32-7-2)19(33-16)24-17(27)12-26-21(29)23(4,25-22(26)30)14-8-10-15(31-5)11-9-14/h8-11H,6-7,12H2,1-5H3,(H,24,27)(H,25,30)/t23-/m0/s1. The second-order valence-electron chi connectivity index (χ2n) is 7.65. The highest BCUT2D eigenvalue weighted by Crippen LogP contribution is 2.34. The Balaban J connectivity index is 1.79. The van der Waals surface area contributed by atoms with E-state index in [4.69, 9.17) is 9.47 Å². The first kappa shape index (κ1) is 24.2. The minimum absolute atomic E-state index is 0.204. The monoisotopic (exact) mass is 473 g/mol. The topological polar surface area (TPSA) is 114 Å². The van der Waals surface area contributed by atoms with Crippen LogP contribution in [0, 0.1) is 6.92 Å². The molecule has 1 atom stereocenters. The largest absolute Gasteiger partial charge is 0.497 e. The predicted octanol–water partition coefficient (Wildman–Crippen LogP) is 3.21. The van der Waals surface area contributed by atoms with Gasteiger partial charge < -0.3 is 20.1 Å². The number of amides is 4. The number of benzene rings is 1. The van der Waals surface area contributed by atoms with E-state index >= 15 is 0 Å². The molecule has 0 unspecified atom stereocenters. The van der Waals surface area contributed by atoms with Crippen molar-refractivity contribution in [3.8, 4) is 5.75 Å². The van der Waals surface area contributed by atoms with Crippen LogP contribution in [0.15, 0.2) is 24.3 Å². The molecule has 1 aromatic heterocycles. The van der Waals surface area contributed by atoms with Gasteiger partial charge in [0.2, 0.25) is 5.91 Å². The normalized spacial score (nSPS) is 17.7. The number of rotatable bonds is 8. The number of hydrogen-bond donors (Lipinski definition) is 2. The molecule has 0 spiro atoms. The number of esters is 1. The van der Waals surface area contributed by atoms with Gasteiger partial charge in [0, 0.05) is 4.88 Å². The molecule has 33 heavy (non-hydrogen) atoms. The number of nitrogens with zero attached hydrogens (tertiary/aromatic N) is 1. The van der Waals surface area contributed by atoms with Crippen LogP contribution in [0.3, 0.4) is 0 Å². The highest BCUT2D eigenvalue weighted by Gasteiger charge is 2.49. The highest BCUT2D eigenvalue weighted by atomic mass is 32.1. The van der Waals surface area contributed by atoms with E-state index in [0.717, 1.165) is 15.3 Å². The number of methoxy groups -OCH3 is 1. The van der Waals surface area contributed by atoms with E-state index < -0.39 is 35.9 Å². The molecule has 0 bridgehead atoms. The lowest BCUT2D eigenvalue weighted by Gasteiger charge is -2.22. The van der Waals surface area contributed by atoms with Crippen molar-refractivity contribution in [1.29, 1.82) is 0 Å². The molecular formula is C23H27N3O6S. The summed E-state index contributed by atoms with van der Waals surface area (Å²) in [5.74, 6) is -1.05. The quantitative estimate of drug-likeness (QED) is 0.450. The molecule has 2 aromatic rings. The van der Waals surface area contributed by atoms with E-state index in [1.165, 1.54) is 18.4 Å². The number of carbonyl (C=O) groups is 4. The molecule has 2 N–H and O–H groups in total. The van der Waals surface area contributed by atoms with Gasteiger partial charge in [-0.1, -0.05) is 19.1 Å². The van der Waals surface area contributed by atoms with E-state index in [2.05, 4.69) is 10.6 Å². The van der Waals surface area contributed by atoms with Gasteiger partial charge in [-0.15, -0.1) is 11.3 Å². The first-order valence-electron chi connectivity index (χ1n) is 10.5. The Labute approximate surface area is 196 Å². The fraction of sp³-hybridized carbons (Fsp3) is 0.391. The molecule has 0 radical (unpaired) electrons. The molecule has 0 aliphatic carbocycles. The molecule has 9 nitrogen and oxygen atoms in total. The van der Waals surface area contributed by atoms with Gasteiger partial charge in [0.05, 0.1) is 19.3 Å². The second kappa shape index (κ2) is 9.62. The average Bonchev–Trinajstić information content (AvgIpc) is 3.22. The molecule has 0 saturated carbocycles. The lowest BCUT2D eigenvalue weighted by molar-refractivity contribution is -0.133. The van der Waals surface area contributed by atoms with Crippen molar-refractivity contribution >= 4 is 40.2 Å². The van der Waals surface area contributed by atoms with Gasteiger partial charge in [-0.2, -0.15) is 0 Å². The summed E-state index contributed by atoms with van der Waals surface area (Å²) in [5, 5.41) is 5.70. The second-order valence-corrected chi connectivity index (χ2v) is 8.76. The number of anilines is 1. The maximum Gasteiger partial charge on any atom is 0.341 e. The molecule has 1 aromatic carbocycles. The summed E-state index contributed by atoms with van der Waals surface area (Å²) in [5.41, 5.74) is 0.301. The van der Waals surface area contributed by atoms with Gasteiger partial charge in [-0.05, 0) is 50.5 Å². The number of ether oxygens (including phenoxy) is 2. The van der Waals surface area contributed by atoms with E-state index in [0.29, 0.717) is 28.3 Å². The molecule has 176 valence electrons. The maximum atomic E-state index is 13.1. The van der Waals surface area contributed by atoms with Crippen molar-refractivity contribution in [2.75, 3.05) is 25.6 Å². The summed E-state index contributed by atoms with van der Waals surface area (Å²) in [6.45, 7) is 6.76. The average molecular weight is 474 g/mol. The van der Waals surface area contributed by atoms with Crippen molar-refractivity contribution in [1.82, 2.24) is 10.2 Å². The lowest BCUT2D eigenvalue weighted by Crippen LogP contribution is -2.42. The van der Waals surface area contributed by atoms with Crippen LogP contribution < -0.4 is 15.4 Å². The number of nitrogens with one attached hydrogen (secondary N) is 2. The maximum absolute atomic E-state index is 13.1. The lowest BCUT2D eigenvalue weighted by atomic mass is 9.92. The van der Waals surface area contributed by atoms with Gasteiger partial charge >= 0.3 is 12.0 Å². The summed E-state index contributed by atoms with van der Waals surface area (Å²) in [4.78, 5) is 52.7. The van der Waals surface area contributed by atoms with Crippen LogP contribution in [0.2, 0.25) is 0 Å². The van der Waals surface area contributed by atoms with E-state index in [1.54, 1.807) is 45.0 Å². The number of thiophene rings is 1. The smallest absolute Gasteiger partial charge is 0.341 e. The zero-order valence-corrected chi connectivity index (χ0v) is 20.1. The first-order valence-corrected chi connectivity index (χ1v) is 11.4. The molecule has 1 aliphatic rings. The van der Waals surface area contributed by atoms with Crippen molar-refractivity contribution < 1.29 is 28.7 Å². The van der Waals surface area contributed by atoms with Crippen LogP contribution in [0.25, 0.3) is 0 Å². The van der Waals surface area contributed by atoms with Crippen LogP contribution in [-0.2, 0) is 26.3 Å². The summed E-state index contributed by atoms with van der Waals surface area (Å²) >= 11 is 1.28. The third-order valence-corrected chi connectivity index (χ3v) is 6.89. The van der Waals surface area contributed by atoms with E-state index in [-0.39, 0.29) is 6.61 Å². The number of hydrogen-bond acceptors (Lipinski definition) is 7. The number of carbonyl (C=O) groups excluding carboxylic acids is 4. The molecule has 1 saturated heterocycles. The molecule has 1 fully saturated rings. The zero-order chi connectivity index (χ0) is 24.3. The third-order valence-electron chi connectivity index (χ3n) is 5.54. The van der Waals surface area contributed by atoms with E-state index in [1.807, 2.05) is 6.92 Å². The highest BCUT2D eigenvalue weighted by molar-refractivity contribution is 7.17. The molecule has 4 amide bonds. The fourth-order valence-electron chi connectivity index (χ4n) is 3.71. The number of imide groups is 1. The van der Waals surface area contributed by atoms with Gasteiger partial charge in [-0.3, -0.25) is 14.5 Å². The summed E-state index contributed by atoms with van der Waals surface area (Å²) < 4.78 is 10.3. The van der Waals surface area contributed by atoms with Gasteiger partial charge in [-0.25, -0.2) is 9.59 Å². The predicted molar refractivity (Wildman–Crippen MR) is 124 cm³/mol. The zero-order valence-electron chi connectivity index (χ0n) is 19.2. The Bertz CT molecular complexity index is 1090. The Morgan fingerprint density at radius 3 is 2.42 bits per heavy atom. The van der Waals surface area contributed by atoms with Crippen molar-refractivity contribution in [3.63, 3.8) is 0 Å². The minimum atomic E-state index is -1.31. The molecule has 2 heterocycles. The third kappa shape index (κ3) is 4.56. The van der Waals surface area contributed by atoms with Crippen molar-refractivity contribution in [3.05, 3.63) is 45.8 Å². The van der Waals surface area contributed by atoms with E-state index in [9.17, 15) is 19.2 Å². The van der Waals surface area contributed by atoms with Gasteiger partial charge in [0.25, 0.3) is 5.91 Å². The summed E-state index contributed by atoms with van der Waals surface area (Å²) in [6, 6.07) is 6.09. The molecule has 1 aliphatic heterocycles.